The van der Waals surface area contributed by atoms with Gasteiger partial charge >= 0.3 is 0 Å². The zero-order valence-corrected chi connectivity index (χ0v) is 13.6. The van der Waals surface area contributed by atoms with Crippen LogP contribution in [-0.2, 0) is 9.53 Å². The zero-order valence-electron chi connectivity index (χ0n) is 12.8. The Labute approximate surface area is 130 Å². The van der Waals surface area contributed by atoms with E-state index in [0.29, 0.717) is 0 Å². The number of hydrogen-bond acceptors (Lipinski definition) is 4. The summed E-state index contributed by atoms with van der Waals surface area (Å²) in [6, 6.07) is 2.07. The fourth-order valence-electron chi connectivity index (χ4n) is 3.28. The van der Waals surface area contributed by atoms with Crippen LogP contribution in [0.5, 0.6) is 0 Å². The molecule has 116 valence electrons. The fourth-order valence-corrected chi connectivity index (χ4v) is 3.96. The van der Waals surface area contributed by atoms with Gasteiger partial charge < -0.3 is 9.64 Å². The third-order valence-electron chi connectivity index (χ3n) is 4.77. The Kier molecular flexibility index (Phi) is 4.33. The molecule has 0 spiro atoms. The van der Waals surface area contributed by atoms with Gasteiger partial charge in [0.15, 0.2) is 0 Å². The highest BCUT2D eigenvalue weighted by Crippen LogP contribution is 2.36. The van der Waals surface area contributed by atoms with Gasteiger partial charge in [-0.2, -0.15) is 11.3 Å². The van der Waals surface area contributed by atoms with Crippen molar-refractivity contribution in [3.8, 4) is 0 Å². The van der Waals surface area contributed by atoms with Crippen molar-refractivity contribution in [3.05, 3.63) is 22.4 Å². The van der Waals surface area contributed by atoms with Crippen LogP contribution in [0.2, 0.25) is 0 Å². The minimum Gasteiger partial charge on any atom is -0.381 e. The van der Waals surface area contributed by atoms with E-state index in [2.05, 4.69) is 40.9 Å². The minimum absolute atomic E-state index is 0.0355. The Balaban J connectivity index is 1.80. The molecule has 5 heteroatoms. The van der Waals surface area contributed by atoms with Gasteiger partial charge in [0.1, 0.15) is 6.17 Å². The van der Waals surface area contributed by atoms with E-state index < -0.39 is 0 Å². The molecule has 0 aliphatic carbocycles. The van der Waals surface area contributed by atoms with Crippen LogP contribution in [0.4, 0.5) is 0 Å². The molecular formula is C16H24N2O2S. The van der Waals surface area contributed by atoms with Crippen LogP contribution < -0.4 is 5.32 Å². The highest BCUT2D eigenvalue weighted by Gasteiger charge is 2.42. The van der Waals surface area contributed by atoms with Gasteiger partial charge in [-0.1, -0.05) is 13.8 Å². The zero-order chi connectivity index (χ0) is 14.9. The van der Waals surface area contributed by atoms with E-state index in [4.69, 9.17) is 4.74 Å². The van der Waals surface area contributed by atoms with Crippen LogP contribution in [0, 0.1) is 5.41 Å². The molecule has 2 saturated heterocycles. The summed E-state index contributed by atoms with van der Waals surface area (Å²) in [6.45, 7) is 6.80. The highest BCUT2D eigenvalue weighted by atomic mass is 32.1. The number of hydrogen-bond donors (Lipinski definition) is 1. The lowest BCUT2D eigenvalue weighted by Gasteiger charge is -2.38. The average Bonchev–Trinajstić information content (AvgIpc) is 3.09. The van der Waals surface area contributed by atoms with E-state index in [-0.39, 0.29) is 23.5 Å². The molecule has 2 aliphatic rings. The van der Waals surface area contributed by atoms with Crippen molar-refractivity contribution in [2.24, 2.45) is 5.41 Å². The lowest BCUT2D eigenvalue weighted by Crippen LogP contribution is -2.42. The van der Waals surface area contributed by atoms with Crippen LogP contribution in [0.3, 0.4) is 0 Å². The number of ether oxygens (including phenoxy) is 1. The lowest BCUT2D eigenvalue weighted by atomic mass is 9.81. The average molecular weight is 308 g/mol. The molecule has 4 nitrogen and oxygen atoms in total. The second-order valence-electron chi connectivity index (χ2n) is 6.48. The van der Waals surface area contributed by atoms with E-state index in [1.807, 2.05) is 0 Å². The molecule has 1 amide bonds. The first-order chi connectivity index (χ1) is 10.1. The third kappa shape index (κ3) is 3.00. The Morgan fingerprint density at radius 1 is 1.48 bits per heavy atom. The largest absolute Gasteiger partial charge is 0.381 e. The Morgan fingerprint density at radius 2 is 2.24 bits per heavy atom. The van der Waals surface area contributed by atoms with Gasteiger partial charge in [0, 0.05) is 19.8 Å². The molecule has 2 fully saturated rings. The summed E-state index contributed by atoms with van der Waals surface area (Å²) in [5, 5.41) is 7.72. The normalized spacial score (nSPS) is 29.0. The standard InChI is InChI=1S/C16H24N2O2S/c1-3-13-15(19)18(11-16(2)5-7-20-8-6-16)14(17-13)12-4-9-21-10-12/h4,9-10,13-14,17H,3,5-8,11H2,1-2H3. The van der Waals surface area contributed by atoms with E-state index >= 15 is 0 Å². The van der Waals surface area contributed by atoms with Gasteiger partial charge in [-0.05, 0) is 47.1 Å². The minimum atomic E-state index is -0.0432. The molecule has 0 saturated carbocycles. The number of nitrogens with one attached hydrogen (secondary N) is 1. The summed E-state index contributed by atoms with van der Waals surface area (Å²) in [6.07, 6.45) is 2.94. The molecule has 2 atom stereocenters. The van der Waals surface area contributed by atoms with E-state index in [9.17, 15) is 4.79 Å². The first-order valence-corrected chi connectivity index (χ1v) is 8.74. The van der Waals surface area contributed by atoms with Crippen molar-refractivity contribution in [1.29, 1.82) is 0 Å². The van der Waals surface area contributed by atoms with Crippen molar-refractivity contribution in [2.75, 3.05) is 19.8 Å². The van der Waals surface area contributed by atoms with Crippen LogP contribution in [0.25, 0.3) is 0 Å². The van der Waals surface area contributed by atoms with Crippen LogP contribution in [0.1, 0.15) is 44.8 Å². The fraction of sp³-hybridized carbons (Fsp3) is 0.688. The van der Waals surface area contributed by atoms with Gasteiger partial charge in [-0.25, -0.2) is 0 Å². The second kappa shape index (κ2) is 6.07. The molecule has 0 aromatic carbocycles. The predicted molar refractivity (Wildman–Crippen MR) is 84.1 cm³/mol. The number of carbonyl (C=O) groups excluding carboxylic acids is 1. The summed E-state index contributed by atoms with van der Waals surface area (Å²) in [5.74, 6) is 0.251. The highest BCUT2D eigenvalue weighted by molar-refractivity contribution is 7.07. The SMILES string of the molecule is CCC1NC(c2ccsc2)N(CC2(C)CCOCC2)C1=O. The molecule has 0 radical (unpaired) electrons. The van der Waals surface area contributed by atoms with Crippen molar-refractivity contribution >= 4 is 17.2 Å². The molecule has 21 heavy (non-hydrogen) atoms. The molecule has 1 aromatic rings. The van der Waals surface area contributed by atoms with Crippen molar-refractivity contribution in [2.45, 2.75) is 45.3 Å². The molecule has 1 aromatic heterocycles. The molecule has 3 heterocycles. The van der Waals surface area contributed by atoms with Crippen molar-refractivity contribution in [3.63, 3.8) is 0 Å². The summed E-state index contributed by atoms with van der Waals surface area (Å²) < 4.78 is 5.48. The maximum Gasteiger partial charge on any atom is 0.241 e. The molecule has 1 N–H and O–H groups in total. The molecule has 2 unspecified atom stereocenters. The Bertz CT molecular complexity index is 482. The number of rotatable bonds is 4. The van der Waals surface area contributed by atoms with Gasteiger partial charge in [-0.15, -0.1) is 0 Å². The topological polar surface area (TPSA) is 41.6 Å². The van der Waals surface area contributed by atoms with Crippen molar-refractivity contribution in [1.82, 2.24) is 10.2 Å². The number of nitrogens with zero attached hydrogens (tertiary/aromatic N) is 1. The van der Waals surface area contributed by atoms with E-state index in [1.54, 1.807) is 11.3 Å². The van der Waals surface area contributed by atoms with Crippen molar-refractivity contribution < 1.29 is 9.53 Å². The third-order valence-corrected chi connectivity index (χ3v) is 5.47. The maximum atomic E-state index is 12.7. The molecule has 2 aliphatic heterocycles. The Hall–Kier alpha value is -0.910. The van der Waals surface area contributed by atoms with E-state index in [0.717, 1.165) is 39.0 Å². The second-order valence-corrected chi connectivity index (χ2v) is 7.26. The predicted octanol–water partition coefficient (Wildman–Crippen LogP) is 2.77. The van der Waals surface area contributed by atoms with Gasteiger partial charge in [0.25, 0.3) is 0 Å². The number of thiophene rings is 1. The molecular weight excluding hydrogens is 284 g/mol. The van der Waals surface area contributed by atoms with Crippen LogP contribution in [0.15, 0.2) is 16.8 Å². The van der Waals surface area contributed by atoms with Gasteiger partial charge in [0.05, 0.1) is 6.04 Å². The van der Waals surface area contributed by atoms with E-state index in [1.165, 1.54) is 5.56 Å². The Morgan fingerprint density at radius 3 is 2.86 bits per heavy atom. The number of carbonyl (C=O) groups is 1. The van der Waals surface area contributed by atoms with Crippen LogP contribution in [-0.4, -0.2) is 36.6 Å². The van der Waals surface area contributed by atoms with Gasteiger partial charge in [0.2, 0.25) is 5.91 Å². The first kappa shape index (κ1) is 15.0. The van der Waals surface area contributed by atoms with Gasteiger partial charge in [-0.3, -0.25) is 10.1 Å². The molecule has 3 rings (SSSR count). The lowest BCUT2D eigenvalue weighted by molar-refractivity contribution is -0.132. The quantitative estimate of drug-likeness (QED) is 0.930. The summed E-state index contributed by atoms with van der Waals surface area (Å²) >= 11 is 1.69. The first-order valence-electron chi connectivity index (χ1n) is 7.79. The summed E-state index contributed by atoms with van der Waals surface area (Å²) in [5.41, 5.74) is 1.38. The summed E-state index contributed by atoms with van der Waals surface area (Å²) in [7, 11) is 0. The molecule has 0 bridgehead atoms. The van der Waals surface area contributed by atoms with Crippen LogP contribution >= 0.6 is 11.3 Å². The number of amides is 1. The monoisotopic (exact) mass is 308 g/mol. The maximum absolute atomic E-state index is 12.7. The summed E-state index contributed by atoms with van der Waals surface area (Å²) in [4.78, 5) is 14.8. The smallest absolute Gasteiger partial charge is 0.241 e.